The summed E-state index contributed by atoms with van der Waals surface area (Å²) in [7, 11) is 1.23. The minimum absolute atomic E-state index is 0.0145. The Morgan fingerprint density at radius 1 is 1.14 bits per heavy atom. The molecule has 1 N–H and O–H groups in total. The Kier molecular flexibility index (Phi) is 8.45. The van der Waals surface area contributed by atoms with Gasteiger partial charge in [-0.2, -0.15) is 0 Å². The lowest BCUT2D eigenvalue weighted by Crippen LogP contribution is -2.34. The maximum Gasteiger partial charge on any atom is 0.339 e. The van der Waals surface area contributed by atoms with Crippen LogP contribution in [0.3, 0.4) is 0 Å². The van der Waals surface area contributed by atoms with Gasteiger partial charge in [-0.1, -0.05) is 11.6 Å². The van der Waals surface area contributed by atoms with Crippen LogP contribution >= 0.6 is 11.6 Å². The third-order valence-corrected chi connectivity index (χ3v) is 5.74. The van der Waals surface area contributed by atoms with Crippen LogP contribution in [0.15, 0.2) is 41.7 Å². The Labute approximate surface area is 207 Å². The van der Waals surface area contributed by atoms with Crippen molar-refractivity contribution < 1.29 is 33.4 Å². The van der Waals surface area contributed by atoms with Crippen LogP contribution in [-0.2, 0) is 20.9 Å². The van der Waals surface area contributed by atoms with Gasteiger partial charge in [0, 0.05) is 29.6 Å². The number of hydrogen-bond donors (Lipinski definition) is 1. The van der Waals surface area contributed by atoms with Crippen molar-refractivity contribution in [1.29, 1.82) is 0 Å². The molecule has 0 aliphatic heterocycles. The molecule has 0 radical (unpaired) electrons. The lowest BCUT2D eigenvalue weighted by Gasteiger charge is -2.28. The van der Waals surface area contributed by atoms with E-state index in [9.17, 15) is 19.5 Å². The minimum Gasteiger partial charge on any atom is -0.489 e. The maximum atomic E-state index is 15.2. The molecule has 1 aromatic heterocycles. The zero-order valence-electron chi connectivity index (χ0n) is 19.6. The number of methoxy groups -OCH3 is 1. The van der Waals surface area contributed by atoms with E-state index < -0.39 is 23.7 Å². The summed E-state index contributed by atoms with van der Waals surface area (Å²) < 4.78 is 25.6. The second-order valence-corrected chi connectivity index (χ2v) is 8.74. The molecule has 0 fully saturated rings. The number of anilines is 1. The number of pyridine rings is 1. The summed E-state index contributed by atoms with van der Waals surface area (Å²) >= 11 is 6.16. The molecule has 35 heavy (non-hydrogen) atoms. The van der Waals surface area contributed by atoms with Crippen molar-refractivity contribution in [2.75, 3.05) is 12.0 Å². The number of aromatic nitrogens is 1. The molecular weight excluding hydrogens is 479 g/mol. The standard InChI is InChI=1S/C25H26ClFN2O6/c1-14(2)35-22-10-21(20(27)9-19(22)26)29(13-15-8-16(12-28-11-15)25(33)34-3)23(30)17-6-4-5-7-18(17)24(31)32/h8-12,14H,4-7,13H2,1-3H3,(H,31,32). The molecule has 8 nitrogen and oxygen atoms in total. The van der Waals surface area contributed by atoms with Gasteiger partial charge >= 0.3 is 11.9 Å². The van der Waals surface area contributed by atoms with Gasteiger partial charge in [0.2, 0.25) is 0 Å². The summed E-state index contributed by atoms with van der Waals surface area (Å²) in [5, 5.41) is 9.69. The SMILES string of the molecule is COC(=O)c1cncc(CN(C(=O)C2=C(C(=O)O)CCCC2)c2cc(OC(C)C)c(Cl)cc2F)c1. The van der Waals surface area contributed by atoms with Crippen molar-refractivity contribution in [3.8, 4) is 5.75 Å². The molecule has 3 rings (SSSR count). The number of carbonyl (C=O) groups is 3. The van der Waals surface area contributed by atoms with Gasteiger partial charge in [0.15, 0.2) is 0 Å². The first kappa shape index (κ1) is 26.2. The van der Waals surface area contributed by atoms with Crippen LogP contribution in [0.5, 0.6) is 5.75 Å². The zero-order chi connectivity index (χ0) is 25.7. The second kappa shape index (κ2) is 11.3. The summed E-state index contributed by atoms with van der Waals surface area (Å²) in [4.78, 5) is 42.6. The zero-order valence-corrected chi connectivity index (χ0v) is 20.4. The largest absolute Gasteiger partial charge is 0.489 e. The van der Waals surface area contributed by atoms with Gasteiger partial charge in [0.1, 0.15) is 11.6 Å². The first-order chi connectivity index (χ1) is 16.6. The average molecular weight is 505 g/mol. The highest BCUT2D eigenvalue weighted by atomic mass is 35.5. The van der Waals surface area contributed by atoms with Crippen LogP contribution in [0.2, 0.25) is 5.02 Å². The van der Waals surface area contributed by atoms with E-state index in [1.807, 2.05) is 0 Å². The van der Waals surface area contributed by atoms with Crippen molar-refractivity contribution in [3.05, 3.63) is 63.7 Å². The van der Waals surface area contributed by atoms with Gasteiger partial charge in [-0.15, -0.1) is 0 Å². The number of benzene rings is 1. The van der Waals surface area contributed by atoms with Gasteiger partial charge in [-0.3, -0.25) is 9.78 Å². The van der Waals surface area contributed by atoms with E-state index in [0.717, 1.165) is 11.0 Å². The van der Waals surface area contributed by atoms with Crippen LogP contribution < -0.4 is 9.64 Å². The molecule has 10 heteroatoms. The Morgan fingerprint density at radius 3 is 2.46 bits per heavy atom. The minimum atomic E-state index is -1.18. The molecule has 0 atom stereocenters. The normalized spacial score (nSPS) is 13.5. The van der Waals surface area contributed by atoms with Crippen molar-refractivity contribution in [2.24, 2.45) is 0 Å². The summed E-state index contributed by atoms with van der Waals surface area (Å²) in [6, 6.07) is 3.84. The number of carbonyl (C=O) groups excluding carboxylic acids is 2. The third kappa shape index (κ3) is 6.16. The van der Waals surface area contributed by atoms with E-state index in [0.29, 0.717) is 18.4 Å². The number of hydrogen-bond acceptors (Lipinski definition) is 6. The summed E-state index contributed by atoms with van der Waals surface area (Å²) in [5.74, 6) is -3.06. The Bertz CT molecular complexity index is 1180. The number of esters is 1. The molecule has 186 valence electrons. The first-order valence-electron chi connectivity index (χ1n) is 11.1. The molecule has 0 unspecified atom stereocenters. The van der Waals surface area contributed by atoms with E-state index in [-0.39, 0.29) is 58.7 Å². The van der Waals surface area contributed by atoms with Crippen LogP contribution in [0, 0.1) is 5.82 Å². The van der Waals surface area contributed by atoms with Gasteiger partial charge in [0.05, 0.1) is 36.0 Å². The van der Waals surface area contributed by atoms with Crippen molar-refractivity contribution in [2.45, 2.75) is 52.2 Å². The van der Waals surface area contributed by atoms with E-state index in [2.05, 4.69) is 4.98 Å². The highest BCUT2D eigenvalue weighted by Crippen LogP contribution is 2.36. The molecule has 1 aromatic carbocycles. The number of carboxylic acid groups (broad SMARTS) is 1. The molecular formula is C25H26ClFN2O6. The second-order valence-electron chi connectivity index (χ2n) is 8.33. The van der Waals surface area contributed by atoms with Gasteiger partial charge < -0.3 is 19.5 Å². The fourth-order valence-electron chi connectivity index (χ4n) is 3.86. The Morgan fingerprint density at radius 2 is 1.83 bits per heavy atom. The van der Waals surface area contributed by atoms with E-state index >= 15 is 4.39 Å². The predicted octanol–water partition coefficient (Wildman–Crippen LogP) is 4.94. The van der Waals surface area contributed by atoms with Crippen molar-refractivity contribution in [3.63, 3.8) is 0 Å². The number of aliphatic carboxylic acids is 1. The number of halogens is 2. The fraction of sp³-hybridized carbons (Fsp3) is 0.360. The summed E-state index contributed by atoms with van der Waals surface area (Å²) in [6.07, 6.45) is 4.25. The van der Waals surface area contributed by atoms with Crippen molar-refractivity contribution in [1.82, 2.24) is 4.98 Å². The van der Waals surface area contributed by atoms with E-state index in [1.54, 1.807) is 13.8 Å². The topological polar surface area (TPSA) is 106 Å². The lowest BCUT2D eigenvalue weighted by atomic mass is 9.90. The Balaban J connectivity index is 2.14. The van der Waals surface area contributed by atoms with Crippen LogP contribution in [-0.4, -0.2) is 41.2 Å². The molecule has 0 spiro atoms. The number of nitrogens with zero attached hydrogens (tertiary/aromatic N) is 2. The lowest BCUT2D eigenvalue weighted by molar-refractivity contribution is -0.133. The summed E-state index contributed by atoms with van der Waals surface area (Å²) in [5.41, 5.74) is 0.555. The highest BCUT2D eigenvalue weighted by molar-refractivity contribution is 6.32. The predicted molar refractivity (Wildman–Crippen MR) is 127 cm³/mol. The molecule has 2 aromatic rings. The fourth-order valence-corrected chi connectivity index (χ4v) is 4.06. The maximum absolute atomic E-state index is 15.2. The molecule has 0 saturated heterocycles. The average Bonchev–Trinajstić information content (AvgIpc) is 2.83. The molecule has 1 heterocycles. The first-order valence-corrected chi connectivity index (χ1v) is 11.4. The van der Waals surface area contributed by atoms with E-state index in [4.69, 9.17) is 21.1 Å². The quantitative estimate of drug-likeness (QED) is 0.507. The smallest absolute Gasteiger partial charge is 0.339 e. The van der Waals surface area contributed by atoms with E-state index in [1.165, 1.54) is 31.6 Å². The molecule has 0 bridgehead atoms. The monoisotopic (exact) mass is 504 g/mol. The highest BCUT2D eigenvalue weighted by Gasteiger charge is 2.30. The number of amides is 1. The number of ether oxygens (including phenoxy) is 2. The van der Waals surface area contributed by atoms with Crippen LogP contribution in [0.1, 0.15) is 55.5 Å². The van der Waals surface area contributed by atoms with Crippen molar-refractivity contribution >= 4 is 35.1 Å². The van der Waals surface area contributed by atoms with Gasteiger partial charge in [-0.05, 0) is 57.2 Å². The van der Waals surface area contributed by atoms with Gasteiger partial charge in [0.25, 0.3) is 5.91 Å². The number of rotatable bonds is 8. The number of carboxylic acids is 1. The van der Waals surface area contributed by atoms with Gasteiger partial charge in [-0.25, -0.2) is 14.0 Å². The van der Waals surface area contributed by atoms with Crippen LogP contribution in [0.25, 0.3) is 0 Å². The molecule has 1 aliphatic rings. The summed E-state index contributed by atoms with van der Waals surface area (Å²) in [6.45, 7) is 3.36. The molecule has 1 aliphatic carbocycles. The van der Waals surface area contributed by atoms with Crippen LogP contribution in [0.4, 0.5) is 10.1 Å². The Hall–Kier alpha value is -3.46. The third-order valence-electron chi connectivity index (χ3n) is 5.44. The molecule has 1 amide bonds. The molecule has 0 saturated carbocycles.